The zero-order valence-corrected chi connectivity index (χ0v) is 18.9. The molecular weight excluding hydrogens is 426 g/mol. The van der Waals surface area contributed by atoms with Crippen molar-refractivity contribution in [3.8, 4) is 0 Å². The number of hydrogen-bond donors (Lipinski definition) is 1. The lowest BCUT2D eigenvalue weighted by atomic mass is 9.97. The summed E-state index contributed by atoms with van der Waals surface area (Å²) in [4.78, 5) is 32.7. The number of carbonyl (C=O) groups excluding carboxylic acids is 1. The van der Waals surface area contributed by atoms with Crippen molar-refractivity contribution in [2.75, 3.05) is 11.1 Å². The van der Waals surface area contributed by atoms with Gasteiger partial charge in [-0.1, -0.05) is 42.1 Å². The Morgan fingerprint density at radius 2 is 1.97 bits per heavy atom. The molecule has 5 rings (SSSR count). The van der Waals surface area contributed by atoms with Gasteiger partial charge in [-0.25, -0.2) is 4.98 Å². The molecule has 0 radical (unpaired) electrons. The quantitative estimate of drug-likeness (QED) is 0.334. The van der Waals surface area contributed by atoms with E-state index in [-0.39, 0.29) is 17.2 Å². The van der Waals surface area contributed by atoms with Gasteiger partial charge in [-0.2, -0.15) is 0 Å². The molecular formula is C24H23N3O2S2. The Labute approximate surface area is 188 Å². The zero-order valence-electron chi connectivity index (χ0n) is 17.3. The first-order valence-electron chi connectivity index (χ1n) is 10.6. The molecule has 0 bridgehead atoms. The van der Waals surface area contributed by atoms with Crippen LogP contribution in [0.4, 0.5) is 5.69 Å². The number of hydrogen-bond acceptors (Lipinski definition) is 5. The summed E-state index contributed by atoms with van der Waals surface area (Å²) < 4.78 is 1.71. The minimum absolute atomic E-state index is 0.0318. The molecule has 0 saturated carbocycles. The molecule has 31 heavy (non-hydrogen) atoms. The highest BCUT2D eigenvalue weighted by Gasteiger charge is 2.22. The van der Waals surface area contributed by atoms with Gasteiger partial charge in [0, 0.05) is 17.1 Å². The number of fused-ring (bicyclic) bond motifs is 4. The maximum absolute atomic E-state index is 13.2. The largest absolute Gasteiger partial charge is 0.325 e. The first-order chi connectivity index (χ1) is 15.1. The molecule has 0 spiro atoms. The summed E-state index contributed by atoms with van der Waals surface area (Å²) >= 11 is 2.97. The normalized spacial score (nSPS) is 13.5. The van der Waals surface area contributed by atoms with Gasteiger partial charge in [0.25, 0.3) is 5.56 Å². The lowest BCUT2D eigenvalue weighted by Crippen LogP contribution is -2.24. The number of rotatable bonds is 5. The van der Waals surface area contributed by atoms with E-state index in [0.29, 0.717) is 11.7 Å². The van der Waals surface area contributed by atoms with Crippen LogP contribution < -0.4 is 10.9 Å². The number of anilines is 1. The smallest absolute Gasteiger partial charge is 0.263 e. The van der Waals surface area contributed by atoms with Crippen molar-refractivity contribution in [3.63, 3.8) is 0 Å². The highest BCUT2D eigenvalue weighted by atomic mass is 32.2. The molecule has 7 heteroatoms. The van der Waals surface area contributed by atoms with E-state index in [2.05, 4.69) is 5.32 Å². The lowest BCUT2D eigenvalue weighted by molar-refractivity contribution is -0.113. The van der Waals surface area contributed by atoms with Crippen LogP contribution in [0.15, 0.2) is 52.4 Å². The number of nitrogens with one attached hydrogen (secondary N) is 1. The van der Waals surface area contributed by atoms with Gasteiger partial charge in [-0.3, -0.25) is 14.2 Å². The van der Waals surface area contributed by atoms with Crippen molar-refractivity contribution in [1.29, 1.82) is 0 Å². The van der Waals surface area contributed by atoms with Gasteiger partial charge >= 0.3 is 0 Å². The zero-order chi connectivity index (χ0) is 21.4. The molecule has 1 amide bonds. The summed E-state index contributed by atoms with van der Waals surface area (Å²) in [5, 5.41) is 6.60. The van der Waals surface area contributed by atoms with Crippen LogP contribution in [-0.4, -0.2) is 21.2 Å². The van der Waals surface area contributed by atoms with Crippen LogP contribution in [0.5, 0.6) is 0 Å². The molecule has 0 aliphatic heterocycles. The predicted molar refractivity (Wildman–Crippen MR) is 129 cm³/mol. The van der Waals surface area contributed by atoms with Crippen LogP contribution in [-0.2, 0) is 24.2 Å². The maximum atomic E-state index is 13.2. The first-order valence-corrected chi connectivity index (χ1v) is 12.4. The van der Waals surface area contributed by atoms with Crippen LogP contribution in [0.2, 0.25) is 0 Å². The molecule has 2 aromatic heterocycles. The fourth-order valence-corrected chi connectivity index (χ4v) is 6.37. The Kier molecular flexibility index (Phi) is 5.54. The number of nitrogens with zero attached hydrogens (tertiary/aromatic N) is 2. The van der Waals surface area contributed by atoms with Crippen molar-refractivity contribution in [3.05, 3.63) is 63.3 Å². The third-order valence-electron chi connectivity index (χ3n) is 5.72. The molecule has 2 aromatic carbocycles. The van der Waals surface area contributed by atoms with Crippen LogP contribution >= 0.6 is 23.1 Å². The van der Waals surface area contributed by atoms with E-state index >= 15 is 0 Å². The molecule has 0 saturated heterocycles. The van der Waals surface area contributed by atoms with E-state index in [1.54, 1.807) is 15.9 Å². The predicted octanol–water partition coefficient (Wildman–Crippen LogP) is 5.24. The van der Waals surface area contributed by atoms with Crippen molar-refractivity contribution < 1.29 is 4.79 Å². The SMILES string of the molecule is CCn1c(SCC(=O)Nc2ccc3ccccc3c2)nc2sc3c(c2c1=O)CCCC3. The molecule has 158 valence electrons. The van der Waals surface area contributed by atoms with Crippen LogP contribution in [0.1, 0.15) is 30.2 Å². The second-order valence-electron chi connectivity index (χ2n) is 7.73. The van der Waals surface area contributed by atoms with E-state index in [9.17, 15) is 9.59 Å². The molecule has 1 N–H and O–H groups in total. The maximum Gasteiger partial charge on any atom is 0.263 e. The van der Waals surface area contributed by atoms with Gasteiger partial charge in [0.1, 0.15) is 4.83 Å². The molecule has 0 unspecified atom stereocenters. The van der Waals surface area contributed by atoms with Gasteiger partial charge in [0.2, 0.25) is 5.91 Å². The van der Waals surface area contributed by atoms with Crippen LogP contribution in [0.3, 0.4) is 0 Å². The van der Waals surface area contributed by atoms with Crippen molar-refractivity contribution >= 4 is 55.7 Å². The second-order valence-corrected chi connectivity index (χ2v) is 9.76. The lowest BCUT2D eigenvalue weighted by Gasteiger charge is -2.12. The number of benzene rings is 2. The van der Waals surface area contributed by atoms with E-state index in [0.717, 1.165) is 45.9 Å². The Balaban J connectivity index is 1.37. The Bertz CT molecular complexity index is 1360. The highest BCUT2D eigenvalue weighted by Crippen LogP contribution is 2.34. The molecule has 1 aliphatic carbocycles. The number of aryl methyl sites for hydroxylation is 2. The Morgan fingerprint density at radius 3 is 2.81 bits per heavy atom. The standard InChI is InChI=1S/C24H23N3O2S2/c1-2-27-23(29)21-18-9-5-6-10-19(18)31-22(21)26-24(27)30-14-20(28)25-17-12-11-15-7-3-4-8-16(15)13-17/h3-4,7-8,11-13H,2,5-6,9-10,14H2,1H3,(H,25,28). The highest BCUT2D eigenvalue weighted by molar-refractivity contribution is 7.99. The molecule has 1 aliphatic rings. The van der Waals surface area contributed by atoms with Gasteiger partial charge in [-0.05, 0) is 61.1 Å². The van der Waals surface area contributed by atoms with Gasteiger partial charge < -0.3 is 5.32 Å². The summed E-state index contributed by atoms with van der Waals surface area (Å²) in [6.45, 7) is 2.49. The Hall–Kier alpha value is -2.64. The number of aromatic nitrogens is 2. The summed E-state index contributed by atoms with van der Waals surface area (Å²) in [7, 11) is 0. The topological polar surface area (TPSA) is 64.0 Å². The summed E-state index contributed by atoms with van der Waals surface area (Å²) in [6, 6.07) is 13.9. The summed E-state index contributed by atoms with van der Waals surface area (Å²) in [5.41, 5.74) is 2.01. The number of thioether (sulfide) groups is 1. The van der Waals surface area contributed by atoms with Crippen LogP contribution in [0.25, 0.3) is 21.0 Å². The number of carbonyl (C=O) groups is 1. The van der Waals surface area contributed by atoms with Crippen LogP contribution in [0, 0.1) is 0 Å². The van der Waals surface area contributed by atoms with Gasteiger partial charge in [0.15, 0.2) is 5.16 Å². The van der Waals surface area contributed by atoms with E-state index in [1.165, 1.54) is 28.6 Å². The minimum Gasteiger partial charge on any atom is -0.325 e. The first kappa shape index (κ1) is 20.3. The molecule has 4 aromatic rings. The summed E-state index contributed by atoms with van der Waals surface area (Å²) in [5.74, 6) is 0.0957. The molecule has 0 fully saturated rings. The fourth-order valence-electron chi connectivity index (χ4n) is 4.20. The molecule has 0 atom stereocenters. The van der Waals surface area contributed by atoms with E-state index < -0.39 is 0 Å². The van der Waals surface area contributed by atoms with Gasteiger partial charge in [0.05, 0.1) is 11.1 Å². The van der Waals surface area contributed by atoms with E-state index in [1.807, 2.05) is 49.4 Å². The molecule has 2 heterocycles. The Morgan fingerprint density at radius 1 is 1.16 bits per heavy atom. The monoisotopic (exact) mass is 449 g/mol. The third kappa shape index (κ3) is 3.88. The minimum atomic E-state index is -0.109. The molecule has 5 nitrogen and oxygen atoms in total. The van der Waals surface area contributed by atoms with Gasteiger partial charge in [-0.15, -0.1) is 11.3 Å². The van der Waals surface area contributed by atoms with Crippen molar-refractivity contribution in [2.45, 2.75) is 44.3 Å². The summed E-state index contributed by atoms with van der Waals surface area (Å²) in [6.07, 6.45) is 4.32. The average molecular weight is 450 g/mol. The van der Waals surface area contributed by atoms with Crippen molar-refractivity contribution in [2.24, 2.45) is 0 Å². The third-order valence-corrected chi connectivity index (χ3v) is 7.88. The number of amides is 1. The number of thiophene rings is 1. The van der Waals surface area contributed by atoms with E-state index in [4.69, 9.17) is 4.98 Å². The van der Waals surface area contributed by atoms with Crippen molar-refractivity contribution in [1.82, 2.24) is 9.55 Å². The second kappa shape index (κ2) is 8.48. The fraction of sp³-hybridized carbons (Fsp3) is 0.292. The average Bonchev–Trinajstić information content (AvgIpc) is 3.16.